The molecule has 0 amide bonds. The third-order valence-corrected chi connectivity index (χ3v) is 7.99. The van der Waals surface area contributed by atoms with Crippen LogP contribution in [0.25, 0.3) is 11.0 Å². The first kappa shape index (κ1) is 26.4. The molecule has 9 heteroatoms. The van der Waals surface area contributed by atoms with Crippen molar-refractivity contribution in [3.63, 3.8) is 0 Å². The lowest BCUT2D eigenvalue weighted by molar-refractivity contribution is -0.137. The van der Waals surface area contributed by atoms with Crippen LogP contribution in [-0.4, -0.2) is 69.5 Å². The molecule has 2 saturated heterocycles. The molecule has 0 radical (unpaired) electrons. The van der Waals surface area contributed by atoms with Gasteiger partial charge in [0.15, 0.2) is 5.78 Å². The quantitative estimate of drug-likeness (QED) is 0.326. The van der Waals surface area contributed by atoms with Gasteiger partial charge in [0.25, 0.3) is 0 Å². The molecule has 5 rings (SSSR count). The molecule has 0 aliphatic carbocycles. The molecule has 0 bridgehead atoms. The molecule has 1 unspecified atom stereocenters. The van der Waals surface area contributed by atoms with Crippen molar-refractivity contribution in [2.45, 2.75) is 43.9 Å². The van der Waals surface area contributed by atoms with Crippen molar-refractivity contribution >= 4 is 16.8 Å². The standard InChI is InChI=1S/C29H33F3N4O2/c30-29(31,32)23-4-1-3-22(17-23)26(37)10-16-35-12-8-21(9-13-35)27(38)19-36-14-6-20(7-15-36)25-18-34-28-24(25)5-2-11-33-28/h1-5,10-11,16-18,20-21,27,38H,6-9,12-15,19H2,(H,33,34). The van der Waals surface area contributed by atoms with Crippen molar-refractivity contribution in [3.05, 3.63) is 77.8 Å². The number of aliphatic hydroxyl groups excluding tert-OH is 1. The fraction of sp³-hybridized carbons (Fsp3) is 0.448. The van der Waals surface area contributed by atoms with Gasteiger partial charge in [0.05, 0.1) is 11.7 Å². The zero-order chi connectivity index (χ0) is 26.7. The van der Waals surface area contributed by atoms with E-state index in [1.165, 1.54) is 29.2 Å². The van der Waals surface area contributed by atoms with Gasteiger partial charge >= 0.3 is 6.18 Å². The maximum atomic E-state index is 12.9. The molecular formula is C29H33F3N4O2. The van der Waals surface area contributed by atoms with Gasteiger partial charge in [-0.15, -0.1) is 0 Å². The number of piperidine rings is 2. The summed E-state index contributed by atoms with van der Waals surface area (Å²) in [6, 6.07) is 8.58. The summed E-state index contributed by atoms with van der Waals surface area (Å²) in [5, 5.41) is 12.1. The number of benzene rings is 1. The summed E-state index contributed by atoms with van der Waals surface area (Å²) < 4.78 is 38.8. The topological polar surface area (TPSA) is 72.5 Å². The average Bonchev–Trinajstić information content (AvgIpc) is 3.36. The molecule has 1 aromatic carbocycles. The largest absolute Gasteiger partial charge is 0.416 e. The second-order valence-electron chi connectivity index (χ2n) is 10.4. The van der Waals surface area contributed by atoms with Crippen LogP contribution in [0.5, 0.6) is 0 Å². The Labute approximate surface area is 220 Å². The molecule has 202 valence electrons. The SMILES string of the molecule is O=C(C=CN1CCC(C(O)CN2CCC(c3c[nH]c4ncccc34)CC2)CC1)c1cccc(C(F)(F)F)c1. The number of pyridine rings is 1. The van der Waals surface area contributed by atoms with Crippen molar-refractivity contribution < 1.29 is 23.1 Å². The number of hydrogen-bond donors (Lipinski definition) is 2. The minimum absolute atomic E-state index is 0.0199. The number of β-amino-alcohol motifs (C(OH)–C–C–N with tert-alkyl or cyclic N) is 1. The fourth-order valence-corrected chi connectivity index (χ4v) is 5.73. The number of allylic oxidation sites excluding steroid dienone is 1. The molecule has 0 spiro atoms. The monoisotopic (exact) mass is 526 g/mol. The van der Waals surface area contributed by atoms with Crippen LogP contribution in [0.3, 0.4) is 0 Å². The molecule has 2 aliphatic rings. The number of rotatable bonds is 7. The number of alkyl halides is 3. The van der Waals surface area contributed by atoms with Crippen molar-refractivity contribution in [3.8, 4) is 0 Å². The molecule has 2 N–H and O–H groups in total. The molecule has 0 saturated carbocycles. The van der Waals surface area contributed by atoms with E-state index >= 15 is 0 Å². The van der Waals surface area contributed by atoms with E-state index in [4.69, 9.17) is 0 Å². The number of H-pyrrole nitrogens is 1. The molecule has 3 aromatic rings. The molecule has 2 aliphatic heterocycles. The number of carbonyl (C=O) groups excluding carboxylic acids is 1. The number of nitrogens with zero attached hydrogens (tertiary/aromatic N) is 3. The number of halogens is 3. The smallest absolute Gasteiger partial charge is 0.392 e. The highest BCUT2D eigenvalue weighted by atomic mass is 19.4. The third-order valence-electron chi connectivity index (χ3n) is 7.99. The van der Waals surface area contributed by atoms with Crippen LogP contribution in [0.1, 0.15) is 53.1 Å². The van der Waals surface area contributed by atoms with E-state index < -0.39 is 23.6 Å². The Morgan fingerprint density at radius 1 is 1.11 bits per heavy atom. The van der Waals surface area contributed by atoms with E-state index in [0.717, 1.165) is 56.6 Å². The lowest BCUT2D eigenvalue weighted by Crippen LogP contribution is -2.43. The Balaban J connectivity index is 1.06. The molecular weight excluding hydrogens is 493 g/mol. The van der Waals surface area contributed by atoms with Crippen LogP contribution < -0.4 is 0 Å². The highest BCUT2D eigenvalue weighted by Gasteiger charge is 2.31. The first-order valence-electron chi connectivity index (χ1n) is 13.2. The average molecular weight is 527 g/mol. The maximum Gasteiger partial charge on any atom is 0.416 e. The summed E-state index contributed by atoms with van der Waals surface area (Å²) in [4.78, 5) is 24.4. The number of aromatic nitrogens is 2. The van der Waals surface area contributed by atoms with Gasteiger partial charge in [0.2, 0.25) is 0 Å². The van der Waals surface area contributed by atoms with Crippen molar-refractivity contribution in [1.82, 2.24) is 19.8 Å². The molecule has 38 heavy (non-hydrogen) atoms. The first-order valence-corrected chi connectivity index (χ1v) is 13.2. The third kappa shape index (κ3) is 6.10. The van der Waals surface area contributed by atoms with Gasteiger partial charge in [0.1, 0.15) is 5.65 Å². The van der Waals surface area contributed by atoms with E-state index in [1.807, 2.05) is 11.0 Å². The minimum atomic E-state index is -4.48. The summed E-state index contributed by atoms with van der Waals surface area (Å²) in [6.07, 6.45) is 5.72. The predicted octanol–water partition coefficient (Wildman–Crippen LogP) is 5.23. The Kier molecular flexibility index (Phi) is 7.85. The zero-order valence-electron chi connectivity index (χ0n) is 21.2. The molecule has 6 nitrogen and oxygen atoms in total. The van der Waals surface area contributed by atoms with E-state index in [2.05, 4.69) is 27.1 Å². The minimum Gasteiger partial charge on any atom is -0.392 e. The number of carbonyl (C=O) groups is 1. The van der Waals surface area contributed by atoms with Gasteiger partial charge < -0.3 is 19.9 Å². The maximum absolute atomic E-state index is 12.9. The van der Waals surface area contributed by atoms with E-state index in [1.54, 1.807) is 12.4 Å². The van der Waals surface area contributed by atoms with E-state index in [-0.39, 0.29) is 11.5 Å². The number of fused-ring (bicyclic) bond motifs is 1. The van der Waals surface area contributed by atoms with Gasteiger partial charge in [-0.1, -0.05) is 12.1 Å². The van der Waals surface area contributed by atoms with Crippen LogP contribution in [0.15, 0.2) is 61.1 Å². The molecule has 2 aromatic heterocycles. The summed E-state index contributed by atoms with van der Waals surface area (Å²) >= 11 is 0. The summed E-state index contributed by atoms with van der Waals surface area (Å²) in [7, 11) is 0. The number of hydrogen-bond acceptors (Lipinski definition) is 5. The highest BCUT2D eigenvalue weighted by molar-refractivity contribution is 6.04. The Morgan fingerprint density at radius 3 is 2.61 bits per heavy atom. The van der Waals surface area contributed by atoms with Crippen LogP contribution in [-0.2, 0) is 6.18 Å². The predicted molar refractivity (Wildman–Crippen MR) is 140 cm³/mol. The Bertz CT molecular complexity index is 1270. The second-order valence-corrected chi connectivity index (χ2v) is 10.4. The summed E-state index contributed by atoms with van der Waals surface area (Å²) in [6.45, 7) is 3.97. The number of aromatic amines is 1. The summed E-state index contributed by atoms with van der Waals surface area (Å²) in [5.74, 6) is 0.233. The van der Waals surface area contributed by atoms with E-state index in [9.17, 15) is 23.1 Å². The zero-order valence-corrected chi connectivity index (χ0v) is 21.2. The van der Waals surface area contributed by atoms with E-state index in [0.29, 0.717) is 25.6 Å². The Morgan fingerprint density at radius 2 is 1.87 bits per heavy atom. The molecule has 4 heterocycles. The van der Waals surface area contributed by atoms with Crippen LogP contribution in [0, 0.1) is 5.92 Å². The number of ketones is 1. The van der Waals surface area contributed by atoms with Crippen LogP contribution in [0.2, 0.25) is 0 Å². The Hall–Kier alpha value is -3.17. The van der Waals surface area contributed by atoms with Crippen molar-refractivity contribution in [2.24, 2.45) is 5.92 Å². The molecule has 2 fully saturated rings. The van der Waals surface area contributed by atoms with Gasteiger partial charge in [-0.25, -0.2) is 4.98 Å². The fourth-order valence-electron chi connectivity index (χ4n) is 5.73. The summed E-state index contributed by atoms with van der Waals surface area (Å²) in [5.41, 5.74) is 1.46. The lowest BCUT2D eigenvalue weighted by Gasteiger charge is -2.37. The van der Waals surface area contributed by atoms with Crippen molar-refractivity contribution in [2.75, 3.05) is 32.7 Å². The number of aliphatic hydroxyl groups is 1. The first-order chi connectivity index (χ1) is 18.3. The number of nitrogens with one attached hydrogen (secondary N) is 1. The van der Waals surface area contributed by atoms with Gasteiger partial charge in [0, 0.05) is 55.3 Å². The van der Waals surface area contributed by atoms with Crippen LogP contribution >= 0.6 is 0 Å². The van der Waals surface area contributed by atoms with Gasteiger partial charge in [-0.3, -0.25) is 4.79 Å². The lowest BCUT2D eigenvalue weighted by atomic mass is 9.88. The second kappa shape index (κ2) is 11.3. The number of likely N-dealkylation sites (tertiary alicyclic amines) is 2. The highest BCUT2D eigenvalue weighted by Crippen LogP contribution is 2.33. The van der Waals surface area contributed by atoms with Crippen LogP contribution in [0.4, 0.5) is 13.2 Å². The normalized spacial score (nSPS) is 19.4. The van der Waals surface area contributed by atoms with Crippen molar-refractivity contribution in [1.29, 1.82) is 0 Å². The molecule has 1 atom stereocenters. The van der Waals surface area contributed by atoms with Gasteiger partial charge in [-0.05, 0) is 80.4 Å². The van der Waals surface area contributed by atoms with Gasteiger partial charge in [-0.2, -0.15) is 13.2 Å².